The van der Waals surface area contributed by atoms with Gasteiger partial charge in [0.2, 0.25) is 15.9 Å². The summed E-state index contributed by atoms with van der Waals surface area (Å²) in [6.07, 6.45) is 0.923. The number of anilines is 1. The van der Waals surface area contributed by atoms with Gasteiger partial charge in [0.25, 0.3) is 0 Å². The Labute approximate surface area is 176 Å². The van der Waals surface area contributed by atoms with Gasteiger partial charge in [-0.25, -0.2) is 8.42 Å². The number of halogens is 1. The van der Waals surface area contributed by atoms with Crippen LogP contribution in [0, 0.1) is 5.92 Å². The van der Waals surface area contributed by atoms with Crippen molar-refractivity contribution in [2.75, 3.05) is 18.4 Å². The minimum atomic E-state index is -3.58. The van der Waals surface area contributed by atoms with Crippen LogP contribution in [-0.2, 0) is 14.8 Å². The number of para-hydroxylation sites is 2. The highest BCUT2D eigenvalue weighted by Crippen LogP contribution is 2.28. The molecule has 0 aliphatic carbocycles. The third kappa shape index (κ3) is 5.29. The number of benzene rings is 2. The van der Waals surface area contributed by atoms with E-state index in [0.29, 0.717) is 42.4 Å². The summed E-state index contributed by atoms with van der Waals surface area (Å²) in [6.45, 7) is 4.45. The van der Waals surface area contributed by atoms with Gasteiger partial charge in [-0.15, -0.1) is 0 Å². The second-order valence-electron chi connectivity index (χ2n) is 7.28. The van der Waals surface area contributed by atoms with E-state index in [1.165, 1.54) is 16.4 Å². The SMILES string of the molecule is CC(C)Oc1ccccc1NC(=O)C1CCN(S(=O)(=O)c2ccc(Cl)cc2)CC1. The number of nitrogens with zero attached hydrogens (tertiary/aromatic N) is 1. The first-order chi connectivity index (χ1) is 13.8. The monoisotopic (exact) mass is 436 g/mol. The predicted molar refractivity (Wildman–Crippen MR) is 114 cm³/mol. The molecule has 1 N–H and O–H groups in total. The lowest BCUT2D eigenvalue weighted by Gasteiger charge is -2.30. The molecule has 8 heteroatoms. The van der Waals surface area contributed by atoms with Gasteiger partial charge in [0.1, 0.15) is 5.75 Å². The summed E-state index contributed by atoms with van der Waals surface area (Å²) in [5.41, 5.74) is 0.627. The number of rotatable bonds is 6. The molecule has 3 rings (SSSR count). The maximum Gasteiger partial charge on any atom is 0.243 e. The van der Waals surface area contributed by atoms with Gasteiger partial charge < -0.3 is 10.1 Å². The van der Waals surface area contributed by atoms with Crippen molar-refractivity contribution >= 4 is 33.2 Å². The fourth-order valence-corrected chi connectivity index (χ4v) is 4.87. The molecule has 156 valence electrons. The Morgan fingerprint density at radius 3 is 2.34 bits per heavy atom. The van der Waals surface area contributed by atoms with Crippen molar-refractivity contribution in [1.29, 1.82) is 0 Å². The Hall–Kier alpha value is -2.09. The number of hydrogen-bond acceptors (Lipinski definition) is 4. The minimum Gasteiger partial charge on any atom is -0.489 e. The molecule has 0 spiro atoms. The van der Waals surface area contributed by atoms with Crippen LogP contribution in [0.1, 0.15) is 26.7 Å². The molecular formula is C21H25ClN2O4S. The summed E-state index contributed by atoms with van der Waals surface area (Å²) in [5, 5.41) is 3.42. The first-order valence-electron chi connectivity index (χ1n) is 9.59. The zero-order valence-corrected chi connectivity index (χ0v) is 18.0. The molecule has 1 aliphatic heterocycles. The second kappa shape index (κ2) is 9.15. The Morgan fingerprint density at radius 2 is 1.72 bits per heavy atom. The lowest BCUT2D eigenvalue weighted by Crippen LogP contribution is -2.41. The van der Waals surface area contributed by atoms with Gasteiger partial charge >= 0.3 is 0 Å². The third-order valence-electron chi connectivity index (χ3n) is 4.78. The van der Waals surface area contributed by atoms with Gasteiger partial charge in [-0.3, -0.25) is 4.79 Å². The van der Waals surface area contributed by atoms with Crippen LogP contribution in [0.25, 0.3) is 0 Å². The molecule has 0 saturated carbocycles. The zero-order chi connectivity index (χ0) is 21.0. The van der Waals surface area contributed by atoms with E-state index in [1.54, 1.807) is 18.2 Å². The van der Waals surface area contributed by atoms with Crippen LogP contribution in [0.15, 0.2) is 53.4 Å². The lowest BCUT2D eigenvalue weighted by molar-refractivity contribution is -0.120. The average Bonchev–Trinajstić information content (AvgIpc) is 2.69. The second-order valence-corrected chi connectivity index (χ2v) is 9.66. The quantitative estimate of drug-likeness (QED) is 0.737. The highest BCUT2D eigenvalue weighted by molar-refractivity contribution is 7.89. The van der Waals surface area contributed by atoms with Crippen LogP contribution in [0.2, 0.25) is 5.02 Å². The largest absolute Gasteiger partial charge is 0.489 e. The molecule has 29 heavy (non-hydrogen) atoms. The van der Waals surface area contributed by atoms with E-state index >= 15 is 0 Å². The molecule has 0 unspecified atom stereocenters. The van der Waals surface area contributed by atoms with Crippen molar-refractivity contribution < 1.29 is 17.9 Å². The minimum absolute atomic E-state index is 0.00522. The Bertz CT molecular complexity index is 953. The Balaban J connectivity index is 1.62. The van der Waals surface area contributed by atoms with E-state index in [0.717, 1.165) is 0 Å². The van der Waals surface area contributed by atoms with Gasteiger partial charge in [-0.2, -0.15) is 4.31 Å². The van der Waals surface area contributed by atoms with Crippen molar-refractivity contribution in [3.05, 3.63) is 53.6 Å². The fourth-order valence-electron chi connectivity index (χ4n) is 3.28. The van der Waals surface area contributed by atoms with Crippen LogP contribution in [0.4, 0.5) is 5.69 Å². The number of nitrogens with one attached hydrogen (secondary N) is 1. The smallest absolute Gasteiger partial charge is 0.243 e. The summed E-state index contributed by atoms with van der Waals surface area (Å²) < 4.78 is 32.7. The van der Waals surface area contributed by atoms with Crippen molar-refractivity contribution in [3.63, 3.8) is 0 Å². The van der Waals surface area contributed by atoms with Crippen LogP contribution < -0.4 is 10.1 Å². The molecule has 2 aromatic rings. The van der Waals surface area contributed by atoms with Gasteiger partial charge in [-0.1, -0.05) is 23.7 Å². The molecular weight excluding hydrogens is 412 g/mol. The molecule has 1 aliphatic rings. The molecule has 1 saturated heterocycles. The number of amides is 1. The maximum absolute atomic E-state index is 12.8. The van der Waals surface area contributed by atoms with E-state index in [2.05, 4.69) is 5.32 Å². The van der Waals surface area contributed by atoms with Crippen LogP contribution in [0.3, 0.4) is 0 Å². The standard InChI is InChI=1S/C21H25ClN2O4S/c1-15(2)28-20-6-4-3-5-19(20)23-21(25)16-11-13-24(14-12-16)29(26,27)18-9-7-17(22)8-10-18/h3-10,15-16H,11-14H2,1-2H3,(H,23,25). The number of ether oxygens (including phenoxy) is 1. The Morgan fingerprint density at radius 1 is 1.10 bits per heavy atom. The molecule has 1 fully saturated rings. The highest BCUT2D eigenvalue weighted by Gasteiger charge is 2.32. The zero-order valence-electron chi connectivity index (χ0n) is 16.5. The fraction of sp³-hybridized carbons (Fsp3) is 0.381. The number of carbonyl (C=O) groups excluding carboxylic acids is 1. The normalized spacial score (nSPS) is 16.0. The van der Waals surface area contributed by atoms with E-state index in [4.69, 9.17) is 16.3 Å². The van der Waals surface area contributed by atoms with Gasteiger partial charge in [0.15, 0.2) is 0 Å². The van der Waals surface area contributed by atoms with Crippen LogP contribution in [-0.4, -0.2) is 37.8 Å². The third-order valence-corrected chi connectivity index (χ3v) is 6.95. The van der Waals surface area contributed by atoms with Crippen molar-refractivity contribution in [2.24, 2.45) is 5.92 Å². The molecule has 2 aromatic carbocycles. The van der Waals surface area contributed by atoms with Crippen molar-refractivity contribution in [1.82, 2.24) is 4.31 Å². The average molecular weight is 437 g/mol. The number of sulfonamides is 1. The van der Waals surface area contributed by atoms with Crippen LogP contribution in [0.5, 0.6) is 5.75 Å². The lowest BCUT2D eigenvalue weighted by atomic mass is 9.97. The van der Waals surface area contributed by atoms with E-state index in [9.17, 15) is 13.2 Å². The molecule has 0 radical (unpaired) electrons. The number of hydrogen-bond donors (Lipinski definition) is 1. The molecule has 0 bridgehead atoms. The summed E-state index contributed by atoms with van der Waals surface area (Å²) in [4.78, 5) is 12.9. The summed E-state index contributed by atoms with van der Waals surface area (Å²) in [5.74, 6) is 0.255. The first kappa shape index (κ1) is 21.6. The predicted octanol–water partition coefficient (Wildman–Crippen LogP) is 4.17. The highest BCUT2D eigenvalue weighted by atomic mass is 35.5. The first-order valence-corrected chi connectivity index (χ1v) is 11.4. The molecule has 1 heterocycles. The van der Waals surface area contributed by atoms with Crippen LogP contribution >= 0.6 is 11.6 Å². The van der Waals surface area contributed by atoms with E-state index < -0.39 is 10.0 Å². The Kier molecular flexibility index (Phi) is 6.82. The van der Waals surface area contributed by atoms with Crippen molar-refractivity contribution in [2.45, 2.75) is 37.7 Å². The molecule has 0 aromatic heterocycles. The number of carbonyl (C=O) groups is 1. The molecule has 1 amide bonds. The van der Waals surface area contributed by atoms with Gasteiger partial charge in [0, 0.05) is 24.0 Å². The number of piperidine rings is 1. The van der Waals surface area contributed by atoms with Gasteiger partial charge in [-0.05, 0) is 63.1 Å². The maximum atomic E-state index is 12.8. The van der Waals surface area contributed by atoms with E-state index in [1.807, 2.05) is 32.0 Å². The summed E-state index contributed by atoms with van der Waals surface area (Å²) in [6, 6.07) is 13.4. The summed E-state index contributed by atoms with van der Waals surface area (Å²) in [7, 11) is -3.58. The summed E-state index contributed by atoms with van der Waals surface area (Å²) >= 11 is 5.85. The van der Waals surface area contributed by atoms with Crippen molar-refractivity contribution in [3.8, 4) is 5.75 Å². The topological polar surface area (TPSA) is 75.7 Å². The van der Waals surface area contributed by atoms with E-state index in [-0.39, 0.29) is 22.8 Å². The molecule has 0 atom stereocenters. The van der Waals surface area contributed by atoms with Gasteiger partial charge in [0.05, 0.1) is 16.7 Å². The molecule has 6 nitrogen and oxygen atoms in total.